The fourth-order valence-corrected chi connectivity index (χ4v) is 2.43. The summed E-state index contributed by atoms with van der Waals surface area (Å²) in [6, 6.07) is 0. The van der Waals surface area contributed by atoms with Crippen LogP contribution in [0.15, 0.2) is 4.99 Å². The summed E-state index contributed by atoms with van der Waals surface area (Å²) in [5.41, 5.74) is -0.434. The molecule has 0 atom stereocenters. The number of nitrogens with one attached hydrogen (secondary N) is 2. The number of carbonyl (C=O) groups is 1. The zero-order valence-corrected chi connectivity index (χ0v) is 19.6. The Kier molecular flexibility index (Phi) is 12.2. The zero-order valence-electron chi connectivity index (χ0n) is 17.3. The van der Waals surface area contributed by atoms with Gasteiger partial charge in [0.2, 0.25) is 0 Å². The first-order valence-electron chi connectivity index (χ1n) is 9.43. The van der Waals surface area contributed by atoms with Gasteiger partial charge in [0.1, 0.15) is 5.60 Å². The molecule has 1 aliphatic rings. The second kappa shape index (κ2) is 12.6. The van der Waals surface area contributed by atoms with Crippen molar-refractivity contribution in [3.05, 3.63) is 0 Å². The third-order valence-corrected chi connectivity index (χ3v) is 3.70. The predicted molar refractivity (Wildman–Crippen MR) is 118 cm³/mol. The van der Waals surface area contributed by atoms with Crippen LogP contribution >= 0.6 is 24.0 Å². The molecule has 0 unspecified atom stereocenters. The second-order valence-electron chi connectivity index (χ2n) is 7.85. The summed E-state index contributed by atoms with van der Waals surface area (Å²) < 4.78 is 5.43. The van der Waals surface area contributed by atoms with E-state index in [0.717, 1.165) is 58.3 Å². The Morgan fingerprint density at radius 3 is 2.27 bits per heavy atom. The summed E-state index contributed by atoms with van der Waals surface area (Å²) >= 11 is 0. The Morgan fingerprint density at radius 1 is 1.15 bits per heavy atom. The lowest BCUT2D eigenvalue weighted by molar-refractivity contribution is 0.0147. The van der Waals surface area contributed by atoms with E-state index in [1.54, 1.807) is 4.90 Å². The highest BCUT2D eigenvalue weighted by molar-refractivity contribution is 14.0. The molecule has 1 amide bonds. The molecule has 2 N–H and O–H groups in total. The van der Waals surface area contributed by atoms with Crippen LogP contribution in [0.1, 0.15) is 41.5 Å². The second-order valence-corrected chi connectivity index (χ2v) is 7.85. The number of hydrogen-bond acceptors (Lipinski definition) is 4. The normalized spacial score (nSPS) is 16.3. The molecule has 0 saturated carbocycles. The first kappa shape index (κ1) is 25.2. The Labute approximate surface area is 176 Å². The highest BCUT2D eigenvalue weighted by atomic mass is 127. The van der Waals surface area contributed by atoms with E-state index in [4.69, 9.17) is 4.74 Å². The Bertz CT molecular complexity index is 430. The zero-order chi connectivity index (χ0) is 18.9. The Balaban J connectivity index is 0.00000625. The number of guanidine groups is 1. The number of hydrogen-bond donors (Lipinski definition) is 2. The summed E-state index contributed by atoms with van der Waals surface area (Å²) in [6.45, 7) is 18.7. The summed E-state index contributed by atoms with van der Waals surface area (Å²) in [6.07, 6.45) is -0.208. The quantitative estimate of drug-likeness (QED) is 0.345. The molecule has 0 aromatic carbocycles. The maximum atomic E-state index is 12.1. The largest absolute Gasteiger partial charge is 0.444 e. The van der Waals surface area contributed by atoms with Crippen LogP contribution in [0.3, 0.4) is 0 Å². The van der Waals surface area contributed by atoms with Gasteiger partial charge in [-0.15, -0.1) is 24.0 Å². The summed E-state index contributed by atoms with van der Waals surface area (Å²) in [7, 11) is 0. The SMILES string of the molecule is CCNC(=NCC(C)C)NCCN1CCN(C(=O)OC(C)(C)C)CC1.I. The van der Waals surface area contributed by atoms with Gasteiger partial charge in [0, 0.05) is 52.4 Å². The minimum absolute atomic E-state index is 0. The average Bonchev–Trinajstić information content (AvgIpc) is 2.51. The van der Waals surface area contributed by atoms with Gasteiger partial charge in [0.25, 0.3) is 0 Å². The molecule has 0 spiro atoms. The van der Waals surface area contributed by atoms with Gasteiger partial charge in [-0.3, -0.25) is 9.89 Å². The standard InChI is InChI=1S/C18H37N5O2.HI/c1-7-19-16(21-14-15(2)3)20-8-9-22-10-12-23(13-11-22)17(24)25-18(4,5)6;/h15H,7-14H2,1-6H3,(H2,19,20,21);1H. The van der Waals surface area contributed by atoms with E-state index in [1.165, 1.54) is 0 Å². The van der Waals surface area contributed by atoms with Crippen LogP contribution in [0.25, 0.3) is 0 Å². The van der Waals surface area contributed by atoms with Gasteiger partial charge in [-0.25, -0.2) is 4.79 Å². The topological polar surface area (TPSA) is 69.2 Å². The van der Waals surface area contributed by atoms with E-state index in [2.05, 4.69) is 41.3 Å². The molecule has 7 nitrogen and oxygen atoms in total. The molecular weight excluding hydrogens is 445 g/mol. The van der Waals surface area contributed by atoms with Gasteiger partial charge >= 0.3 is 6.09 Å². The van der Waals surface area contributed by atoms with Gasteiger partial charge in [-0.05, 0) is 33.6 Å². The Morgan fingerprint density at radius 2 is 1.77 bits per heavy atom. The van der Waals surface area contributed by atoms with Crippen molar-refractivity contribution in [3.8, 4) is 0 Å². The van der Waals surface area contributed by atoms with Gasteiger partial charge in [0.05, 0.1) is 0 Å². The lowest BCUT2D eigenvalue weighted by Gasteiger charge is -2.35. The lowest BCUT2D eigenvalue weighted by atomic mass is 10.2. The van der Waals surface area contributed by atoms with Gasteiger partial charge in [-0.1, -0.05) is 13.8 Å². The summed E-state index contributed by atoms with van der Waals surface area (Å²) in [5.74, 6) is 1.43. The van der Waals surface area contributed by atoms with E-state index in [-0.39, 0.29) is 30.1 Å². The van der Waals surface area contributed by atoms with Crippen molar-refractivity contribution in [2.24, 2.45) is 10.9 Å². The van der Waals surface area contributed by atoms with Gasteiger partial charge in [0.15, 0.2) is 5.96 Å². The smallest absolute Gasteiger partial charge is 0.410 e. The molecule has 1 aliphatic heterocycles. The third kappa shape index (κ3) is 11.1. The molecule has 1 heterocycles. The van der Waals surface area contributed by atoms with Crippen molar-refractivity contribution in [2.45, 2.75) is 47.1 Å². The number of piperazine rings is 1. The van der Waals surface area contributed by atoms with Crippen molar-refractivity contribution in [2.75, 3.05) is 52.4 Å². The van der Waals surface area contributed by atoms with E-state index in [0.29, 0.717) is 5.92 Å². The minimum Gasteiger partial charge on any atom is -0.444 e. The number of halogens is 1. The molecule has 0 aromatic rings. The monoisotopic (exact) mass is 483 g/mol. The van der Waals surface area contributed by atoms with Crippen LogP contribution in [-0.2, 0) is 4.74 Å². The average molecular weight is 483 g/mol. The van der Waals surface area contributed by atoms with Crippen LogP contribution in [0.5, 0.6) is 0 Å². The van der Waals surface area contributed by atoms with Crippen molar-refractivity contribution >= 4 is 36.0 Å². The van der Waals surface area contributed by atoms with Crippen molar-refractivity contribution < 1.29 is 9.53 Å². The van der Waals surface area contributed by atoms with Crippen molar-refractivity contribution in [1.82, 2.24) is 20.4 Å². The fraction of sp³-hybridized carbons (Fsp3) is 0.889. The van der Waals surface area contributed by atoms with E-state index in [9.17, 15) is 4.79 Å². The number of aliphatic imine (C=N–C) groups is 1. The number of nitrogens with zero attached hydrogens (tertiary/aromatic N) is 3. The summed E-state index contributed by atoms with van der Waals surface area (Å²) in [4.78, 5) is 20.8. The number of carbonyl (C=O) groups excluding carboxylic acids is 1. The van der Waals surface area contributed by atoms with E-state index < -0.39 is 5.60 Å². The van der Waals surface area contributed by atoms with Crippen LogP contribution in [-0.4, -0.2) is 79.8 Å². The van der Waals surface area contributed by atoms with Crippen LogP contribution < -0.4 is 10.6 Å². The van der Waals surface area contributed by atoms with Gasteiger partial charge in [-0.2, -0.15) is 0 Å². The maximum Gasteiger partial charge on any atom is 0.410 e. The number of amides is 1. The lowest BCUT2D eigenvalue weighted by Crippen LogP contribution is -2.51. The molecule has 8 heteroatoms. The number of rotatable bonds is 6. The molecule has 0 bridgehead atoms. The molecule has 1 fully saturated rings. The van der Waals surface area contributed by atoms with Crippen LogP contribution in [0, 0.1) is 5.92 Å². The minimum atomic E-state index is -0.434. The molecule has 1 rings (SSSR count). The maximum absolute atomic E-state index is 12.1. The number of ether oxygens (including phenoxy) is 1. The van der Waals surface area contributed by atoms with Crippen LogP contribution in [0.4, 0.5) is 4.79 Å². The van der Waals surface area contributed by atoms with Crippen molar-refractivity contribution in [1.29, 1.82) is 0 Å². The molecular formula is C18H38IN5O2. The van der Waals surface area contributed by atoms with Gasteiger partial charge < -0.3 is 20.3 Å². The Hall–Kier alpha value is -0.770. The first-order chi connectivity index (χ1) is 11.7. The molecule has 0 aromatic heterocycles. The highest BCUT2D eigenvalue weighted by Gasteiger charge is 2.25. The summed E-state index contributed by atoms with van der Waals surface area (Å²) in [5, 5.41) is 6.65. The fourth-order valence-electron chi connectivity index (χ4n) is 2.43. The van der Waals surface area contributed by atoms with Crippen molar-refractivity contribution in [3.63, 3.8) is 0 Å². The molecule has 26 heavy (non-hydrogen) atoms. The first-order valence-corrected chi connectivity index (χ1v) is 9.43. The predicted octanol–water partition coefficient (Wildman–Crippen LogP) is 2.37. The molecule has 154 valence electrons. The molecule has 1 saturated heterocycles. The third-order valence-electron chi connectivity index (χ3n) is 3.70. The van der Waals surface area contributed by atoms with E-state index >= 15 is 0 Å². The highest BCUT2D eigenvalue weighted by Crippen LogP contribution is 2.11. The van der Waals surface area contributed by atoms with Crippen LogP contribution in [0.2, 0.25) is 0 Å². The molecule has 0 aliphatic carbocycles. The van der Waals surface area contributed by atoms with E-state index in [1.807, 2.05) is 20.8 Å². The molecule has 0 radical (unpaired) electrons.